The number of likely N-dealkylation sites (tertiary alicyclic amines) is 1. The van der Waals surface area contributed by atoms with Crippen molar-refractivity contribution in [3.63, 3.8) is 0 Å². The fourth-order valence-electron chi connectivity index (χ4n) is 5.82. The van der Waals surface area contributed by atoms with E-state index in [2.05, 4.69) is 31.1 Å². The molecule has 2 unspecified atom stereocenters. The molecule has 1 saturated carbocycles. The van der Waals surface area contributed by atoms with E-state index < -0.39 is 0 Å². The number of rotatable bonds is 8. The Bertz CT molecular complexity index is 1050. The molecule has 2 aromatic rings. The second kappa shape index (κ2) is 10.1. The highest BCUT2D eigenvalue weighted by Crippen LogP contribution is 2.52. The molecule has 1 aromatic heterocycles. The van der Waals surface area contributed by atoms with Crippen molar-refractivity contribution in [1.29, 1.82) is 0 Å². The Hall–Kier alpha value is -2.65. The monoisotopic (exact) mass is 500 g/mol. The minimum absolute atomic E-state index is 0.00468. The second-order valence-electron chi connectivity index (χ2n) is 10.8. The molecule has 1 saturated heterocycles. The summed E-state index contributed by atoms with van der Waals surface area (Å²) in [5.74, 6) is 0.726. The average Bonchev–Trinajstić information content (AvgIpc) is 3.37. The Morgan fingerprint density at radius 1 is 1.20 bits per heavy atom. The minimum atomic E-state index is -0.251. The van der Waals surface area contributed by atoms with Crippen molar-refractivity contribution in [2.24, 2.45) is 10.8 Å². The minimum Gasteiger partial charge on any atom is -0.497 e. The van der Waals surface area contributed by atoms with Crippen molar-refractivity contribution < 1.29 is 19.1 Å². The Morgan fingerprint density at radius 2 is 1.94 bits per heavy atom. The van der Waals surface area contributed by atoms with Gasteiger partial charge in [-0.05, 0) is 54.4 Å². The van der Waals surface area contributed by atoms with E-state index in [0.717, 1.165) is 36.6 Å². The van der Waals surface area contributed by atoms with Crippen molar-refractivity contribution in [2.75, 3.05) is 39.2 Å². The van der Waals surface area contributed by atoms with Crippen LogP contribution < -0.4 is 10.1 Å². The lowest BCUT2D eigenvalue weighted by molar-refractivity contribution is 0.0703. The van der Waals surface area contributed by atoms with Crippen LogP contribution in [-0.2, 0) is 11.3 Å². The molecule has 3 amide bonds. The molecule has 2 atom stereocenters. The normalized spacial score (nSPS) is 22.7. The van der Waals surface area contributed by atoms with Crippen molar-refractivity contribution in [3.8, 4) is 5.75 Å². The number of benzene rings is 1. The van der Waals surface area contributed by atoms with Gasteiger partial charge in [0.15, 0.2) is 0 Å². The van der Waals surface area contributed by atoms with Crippen LogP contribution in [-0.4, -0.2) is 66.7 Å². The molecular formula is C26H36N4O4S. The van der Waals surface area contributed by atoms with Gasteiger partial charge in [-0.15, -0.1) is 11.3 Å². The highest BCUT2D eigenvalue weighted by atomic mass is 32.1. The van der Waals surface area contributed by atoms with E-state index in [4.69, 9.17) is 9.47 Å². The number of nitrogens with zero attached hydrogens (tertiary/aromatic N) is 3. The number of aromatic nitrogens is 1. The molecule has 2 aliphatic rings. The molecule has 2 bridgehead atoms. The SMILES string of the molecule is COCCN(Cc1nc(C(=O)N2CC3(C)CC2CC(C)(C)C3)cs1)C(=O)Nc1ccc(OC)cc1. The molecule has 0 radical (unpaired) electrons. The standard InChI is InChI=1S/C26H36N4O4S/c1-25(2)12-19-13-26(3,16-25)17-30(19)23(31)21-15-35-22(28-21)14-29(10-11-33-4)24(32)27-18-6-8-20(34-5)9-7-18/h6-9,15,19H,10-14,16-17H2,1-5H3,(H,27,32). The topological polar surface area (TPSA) is 84.0 Å². The van der Waals surface area contributed by atoms with Crippen molar-refractivity contribution in [1.82, 2.24) is 14.8 Å². The average molecular weight is 501 g/mol. The third-order valence-corrected chi connectivity index (χ3v) is 7.80. The van der Waals surface area contributed by atoms with Crippen LogP contribution in [0.2, 0.25) is 0 Å². The number of thiazole rings is 1. The highest BCUT2D eigenvalue weighted by molar-refractivity contribution is 7.09. The fraction of sp³-hybridized carbons (Fsp3) is 0.577. The van der Waals surface area contributed by atoms with Crippen molar-refractivity contribution in [3.05, 3.63) is 40.3 Å². The lowest BCUT2D eigenvalue weighted by Crippen LogP contribution is -2.38. The van der Waals surface area contributed by atoms with Crippen LogP contribution in [0.25, 0.3) is 0 Å². The summed E-state index contributed by atoms with van der Waals surface area (Å²) in [5, 5.41) is 5.46. The van der Waals surface area contributed by atoms with E-state index in [-0.39, 0.29) is 28.8 Å². The Labute approximate surface area is 211 Å². The number of carbonyl (C=O) groups is 2. The maximum absolute atomic E-state index is 13.4. The Morgan fingerprint density at radius 3 is 2.63 bits per heavy atom. The lowest BCUT2D eigenvalue weighted by Gasteiger charge is -2.39. The number of carbonyl (C=O) groups excluding carboxylic acids is 2. The summed E-state index contributed by atoms with van der Waals surface area (Å²) in [6.07, 6.45) is 3.23. The predicted molar refractivity (Wildman–Crippen MR) is 137 cm³/mol. The zero-order chi connectivity index (χ0) is 25.2. The van der Waals surface area contributed by atoms with E-state index >= 15 is 0 Å². The number of hydrogen-bond acceptors (Lipinski definition) is 6. The lowest BCUT2D eigenvalue weighted by atomic mass is 9.65. The third kappa shape index (κ3) is 5.95. The van der Waals surface area contributed by atoms with Crippen molar-refractivity contribution in [2.45, 2.75) is 52.6 Å². The first kappa shape index (κ1) is 25.4. The van der Waals surface area contributed by atoms with Gasteiger partial charge in [0.25, 0.3) is 5.91 Å². The van der Waals surface area contributed by atoms with Gasteiger partial charge in [-0.2, -0.15) is 0 Å². The van der Waals surface area contributed by atoms with Gasteiger partial charge in [-0.3, -0.25) is 4.79 Å². The number of hydrogen-bond donors (Lipinski definition) is 1. The van der Waals surface area contributed by atoms with Crippen LogP contribution in [0.15, 0.2) is 29.6 Å². The number of methoxy groups -OCH3 is 2. The number of amides is 3. The summed E-state index contributed by atoms with van der Waals surface area (Å²) in [4.78, 5) is 34.7. The van der Waals surface area contributed by atoms with Gasteiger partial charge in [0.2, 0.25) is 0 Å². The molecule has 0 spiro atoms. The number of anilines is 1. The summed E-state index contributed by atoms with van der Waals surface area (Å²) in [7, 11) is 3.21. The van der Waals surface area contributed by atoms with Gasteiger partial charge in [0.05, 0.1) is 20.3 Å². The van der Waals surface area contributed by atoms with Crippen molar-refractivity contribution >= 4 is 29.0 Å². The molecule has 35 heavy (non-hydrogen) atoms. The molecule has 9 heteroatoms. The van der Waals surface area contributed by atoms with Crippen LogP contribution in [0.3, 0.4) is 0 Å². The largest absolute Gasteiger partial charge is 0.497 e. The summed E-state index contributed by atoms with van der Waals surface area (Å²) < 4.78 is 10.4. The fourth-order valence-corrected chi connectivity index (χ4v) is 6.60. The van der Waals surface area contributed by atoms with Gasteiger partial charge in [0.1, 0.15) is 16.5 Å². The van der Waals surface area contributed by atoms with Gasteiger partial charge in [-0.1, -0.05) is 20.8 Å². The smallest absolute Gasteiger partial charge is 0.322 e. The molecule has 1 N–H and O–H groups in total. The molecular weight excluding hydrogens is 464 g/mol. The number of fused-ring (bicyclic) bond motifs is 2. The maximum atomic E-state index is 13.4. The van der Waals surface area contributed by atoms with E-state index in [1.165, 1.54) is 11.3 Å². The summed E-state index contributed by atoms with van der Waals surface area (Å²) in [6.45, 7) is 8.81. The number of nitrogens with one attached hydrogen (secondary N) is 1. The Balaban J connectivity index is 1.43. The molecule has 2 heterocycles. The summed E-state index contributed by atoms with van der Waals surface area (Å²) >= 11 is 1.41. The van der Waals surface area contributed by atoms with Crippen LogP contribution in [0.4, 0.5) is 10.5 Å². The number of urea groups is 1. The summed E-state index contributed by atoms with van der Waals surface area (Å²) in [6, 6.07) is 7.19. The van der Waals surface area contributed by atoms with Gasteiger partial charge >= 0.3 is 6.03 Å². The van der Waals surface area contributed by atoms with Gasteiger partial charge in [0, 0.05) is 37.3 Å². The quantitative estimate of drug-likeness (QED) is 0.559. The first-order valence-corrected chi connectivity index (χ1v) is 12.9. The van der Waals surface area contributed by atoms with Crippen LogP contribution in [0.1, 0.15) is 55.5 Å². The molecule has 4 rings (SSSR count). The summed E-state index contributed by atoms with van der Waals surface area (Å²) in [5.41, 5.74) is 1.57. The molecule has 2 fully saturated rings. The van der Waals surface area contributed by atoms with Gasteiger partial charge < -0.3 is 24.6 Å². The molecule has 1 aliphatic heterocycles. The molecule has 8 nitrogen and oxygen atoms in total. The van der Waals surface area contributed by atoms with E-state index in [0.29, 0.717) is 31.1 Å². The first-order valence-electron chi connectivity index (χ1n) is 12.1. The first-order chi connectivity index (χ1) is 16.6. The zero-order valence-corrected chi connectivity index (χ0v) is 22.1. The highest BCUT2D eigenvalue weighted by Gasteiger charge is 2.51. The van der Waals surface area contributed by atoms with Crippen LogP contribution >= 0.6 is 11.3 Å². The number of ether oxygens (including phenoxy) is 2. The maximum Gasteiger partial charge on any atom is 0.322 e. The van der Waals surface area contributed by atoms with E-state index in [9.17, 15) is 9.59 Å². The predicted octanol–water partition coefficient (Wildman–Crippen LogP) is 4.87. The molecule has 1 aliphatic carbocycles. The Kier molecular flexibility index (Phi) is 7.38. The van der Waals surface area contributed by atoms with Gasteiger partial charge in [-0.25, -0.2) is 9.78 Å². The van der Waals surface area contributed by atoms with Crippen LogP contribution in [0.5, 0.6) is 5.75 Å². The van der Waals surface area contributed by atoms with E-state index in [1.54, 1.807) is 43.4 Å². The van der Waals surface area contributed by atoms with Crippen LogP contribution in [0, 0.1) is 10.8 Å². The molecule has 190 valence electrons. The van der Waals surface area contributed by atoms with E-state index in [1.807, 2.05) is 10.3 Å². The zero-order valence-electron chi connectivity index (χ0n) is 21.3. The third-order valence-electron chi connectivity index (χ3n) is 6.97. The molecule has 1 aromatic carbocycles. The second-order valence-corrected chi connectivity index (χ2v) is 11.8.